The maximum absolute atomic E-state index is 11.9. The number of carbonyl (C=O) groups is 1. The first-order valence-corrected chi connectivity index (χ1v) is 7.96. The fourth-order valence-electron chi connectivity index (χ4n) is 2.49. The number of nitrogens with zero attached hydrogens (tertiary/aromatic N) is 3. The minimum Gasteiger partial charge on any atom is -0.299 e. The predicted octanol–water partition coefficient (Wildman–Crippen LogP) is 3.29. The van der Waals surface area contributed by atoms with Gasteiger partial charge in [-0.3, -0.25) is 4.79 Å². The number of ketones is 1. The third kappa shape index (κ3) is 2.38. The number of fused-ring (bicyclic) bond motifs is 1. The van der Waals surface area contributed by atoms with Gasteiger partial charge in [0.25, 0.3) is 0 Å². The second-order valence-corrected chi connectivity index (χ2v) is 6.82. The van der Waals surface area contributed by atoms with Crippen LogP contribution in [0.1, 0.15) is 23.5 Å². The van der Waals surface area contributed by atoms with Crippen LogP contribution in [0.3, 0.4) is 0 Å². The van der Waals surface area contributed by atoms with E-state index in [2.05, 4.69) is 29.1 Å². The summed E-state index contributed by atoms with van der Waals surface area (Å²) in [5, 5.41) is 4.54. The Bertz CT molecular complexity index is 829. The number of hydrogen-bond acceptors (Lipinski definition) is 4. The van der Waals surface area contributed by atoms with E-state index in [0.29, 0.717) is 12.2 Å². The van der Waals surface area contributed by atoms with Gasteiger partial charge in [-0.1, -0.05) is 6.07 Å². The molecule has 3 aromatic rings. The topological polar surface area (TPSA) is 47.3 Å². The Kier molecular flexibility index (Phi) is 2.89. The lowest BCUT2D eigenvalue weighted by molar-refractivity contribution is -0.119. The molecule has 1 fully saturated rings. The molecule has 0 aliphatic heterocycles. The molecule has 0 radical (unpaired) electrons. The molecular formula is C16H15N3OS. The smallest absolute Gasteiger partial charge is 0.159 e. The Hall–Kier alpha value is -2.01. The van der Waals surface area contributed by atoms with Crippen molar-refractivity contribution in [3.63, 3.8) is 0 Å². The van der Waals surface area contributed by atoms with Gasteiger partial charge in [-0.05, 0) is 44.0 Å². The monoisotopic (exact) mass is 297 g/mol. The lowest BCUT2D eigenvalue weighted by Gasteiger charge is -2.00. The van der Waals surface area contributed by atoms with Crippen LogP contribution in [0.25, 0.3) is 16.2 Å². The number of aromatic nitrogens is 3. The maximum atomic E-state index is 11.9. The molecule has 4 rings (SSSR count). The molecule has 106 valence electrons. The van der Waals surface area contributed by atoms with Crippen molar-refractivity contribution < 1.29 is 4.79 Å². The lowest BCUT2D eigenvalue weighted by Crippen LogP contribution is -2.06. The van der Waals surface area contributed by atoms with Gasteiger partial charge in [0.2, 0.25) is 0 Å². The van der Waals surface area contributed by atoms with Gasteiger partial charge in [0.05, 0.1) is 17.0 Å². The van der Waals surface area contributed by atoms with Crippen LogP contribution in [0.5, 0.6) is 0 Å². The zero-order valence-corrected chi connectivity index (χ0v) is 12.6. The van der Waals surface area contributed by atoms with E-state index in [9.17, 15) is 4.79 Å². The molecule has 1 aliphatic carbocycles. The van der Waals surface area contributed by atoms with Crippen LogP contribution >= 0.6 is 11.3 Å². The Morgan fingerprint density at radius 3 is 2.90 bits per heavy atom. The Balaban J connectivity index is 1.74. The first-order valence-electron chi connectivity index (χ1n) is 7.15. The molecular weight excluding hydrogens is 282 g/mol. The SMILES string of the molecule is Cc1ccc(-c2cccc3nc(CC(=O)C4CC4)nn23)s1. The molecule has 0 amide bonds. The van der Waals surface area contributed by atoms with Gasteiger partial charge >= 0.3 is 0 Å². The zero-order valence-electron chi connectivity index (χ0n) is 11.7. The second-order valence-electron chi connectivity index (χ2n) is 5.54. The highest BCUT2D eigenvalue weighted by atomic mass is 32.1. The van der Waals surface area contributed by atoms with Gasteiger partial charge < -0.3 is 0 Å². The highest BCUT2D eigenvalue weighted by Gasteiger charge is 2.30. The van der Waals surface area contributed by atoms with E-state index in [1.165, 1.54) is 9.75 Å². The van der Waals surface area contributed by atoms with Gasteiger partial charge in [0, 0.05) is 10.8 Å². The van der Waals surface area contributed by atoms with Crippen LogP contribution in [0.15, 0.2) is 30.3 Å². The Morgan fingerprint density at radius 1 is 1.33 bits per heavy atom. The standard InChI is InChI=1S/C16H15N3OS/c1-10-5-8-14(21-10)12-3-2-4-16-17-15(18-19(12)16)9-13(20)11-6-7-11/h2-5,8,11H,6-7,9H2,1H3. The number of thiophene rings is 1. The van der Waals surface area contributed by atoms with Crippen molar-refractivity contribution in [3.05, 3.63) is 41.0 Å². The summed E-state index contributed by atoms with van der Waals surface area (Å²) >= 11 is 1.74. The van der Waals surface area contributed by atoms with Crippen molar-refractivity contribution in [1.29, 1.82) is 0 Å². The zero-order chi connectivity index (χ0) is 14.4. The summed E-state index contributed by atoms with van der Waals surface area (Å²) < 4.78 is 1.85. The Labute approximate surface area is 126 Å². The molecule has 1 saturated carbocycles. The molecule has 21 heavy (non-hydrogen) atoms. The van der Waals surface area contributed by atoms with Gasteiger partial charge in [-0.2, -0.15) is 5.10 Å². The molecule has 0 spiro atoms. The van der Waals surface area contributed by atoms with Crippen molar-refractivity contribution in [2.45, 2.75) is 26.2 Å². The number of hydrogen-bond donors (Lipinski definition) is 0. The van der Waals surface area contributed by atoms with Gasteiger partial charge in [-0.25, -0.2) is 9.50 Å². The summed E-state index contributed by atoms with van der Waals surface area (Å²) in [6, 6.07) is 10.2. The van der Waals surface area contributed by atoms with Crippen LogP contribution in [0.4, 0.5) is 0 Å². The average molecular weight is 297 g/mol. The van der Waals surface area contributed by atoms with E-state index in [-0.39, 0.29) is 11.7 Å². The molecule has 0 unspecified atom stereocenters. The predicted molar refractivity (Wildman–Crippen MR) is 82.5 cm³/mol. The van der Waals surface area contributed by atoms with E-state index in [0.717, 1.165) is 24.2 Å². The largest absolute Gasteiger partial charge is 0.299 e. The molecule has 3 aromatic heterocycles. The third-order valence-electron chi connectivity index (χ3n) is 3.76. The van der Waals surface area contributed by atoms with Crippen LogP contribution in [-0.2, 0) is 11.2 Å². The highest BCUT2D eigenvalue weighted by molar-refractivity contribution is 7.15. The van der Waals surface area contributed by atoms with Gasteiger partial charge in [0.1, 0.15) is 5.78 Å². The minimum atomic E-state index is 0.260. The first-order chi connectivity index (χ1) is 10.2. The molecule has 0 atom stereocenters. The quantitative estimate of drug-likeness (QED) is 0.742. The molecule has 0 bridgehead atoms. The summed E-state index contributed by atoms with van der Waals surface area (Å²) in [6.45, 7) is 2.09. The summed E-state index contributed by atoms with van der Waals surface area (Å²) in [7, 11) is 0. The van der Waals surface area contributed by atoms with Crippen LogP contribution in [-0.4, -0.2) is 20.4 Å². The van der Waals surface area contributed by atoms with E-state index in [1.807, 2.05) is 22.7 Å². The normalized spacial score (nSPS) is 14.7. The fraction of sp³-hybridized carbons (Fsp3) is 0.312. The highest BCUT2D eigenvalue weighted by Crippen LogP contribution is 2.31. The van der Waals surface area contributed by atoms with Crippen LogP contribution in [0, 0.1) is 12.8 Å². The molecule has 5 heteroatoms. The number of rotatable bonds is 4. The number of pyridine rings is 1. The van der Waals surface area contributed by atoms with Crippen molar-refractivity contribution in [3.8, 4) is 10.6 Å². The van der Waals surface area contributed by atoms with E-state index in [4.69, 9.17) is 0 Å². The van der Waals surface area contributed by atoms with Crippen molar-refractivity contribution in [2.75, 3.05) is 0 Å². The summed E-state index contributed by atoms with van der Waals surface area (Å²) in [4.78, 5) is 18.9. The average Bonchev–Trinajstić information content (AvgIpc) is 3.11. The third-order valence-corrected chi connectivity index (χ3v) is 4.78. The first kappa shape index (κ1) is 12.7. The summed E-state index contributed by atoms with van der Waals surface area (Å²) in [5.41, 5.74) is 1.83. The second kappa shape index (κ2) is 4.77. The summed E-state index contributed by atoms with van der Waals surface area (Å²) in [5.74, 6) is 1.17. The lowest BCUT2D eigenvalue weighted by atomic mass is 10.2. The van der Waals surface area contributed by atoms with Crippen molar-refractivity contribution in [2.24, 2.45) is 5.92 Å². The van der Waals surface area contributed by atoms with E-state index < -0.39 is 0 Å². The molecule has 0 aromatic carbocycles. The van der Waals surface area contributed by atoms with Gasteiger partial charge in [0.15, 0.2) is 11.5 Å². The molecule has 0 N–H and O–H groups in total. The number of Topliss-reactive ketones (excluding diaryl/α,β-unsaturated/α-hetero) is 1. The maximum Gasteiger partial charge on any atom is 0.159 e. The number of carbonyl (C=O) groups excluding carboxylic acids is 1. The van der Waals surface area contributed by atoms with Crippen LogP contribution in [0.2, 0.25) is 0 Å². The minimum absolute atomic E-state index is 0.260. The van der Waals surface area contributed by atoms with Crippen molar-refractivity contribution in [1.82, 2.24) is 14.6 Å². The van der Waals surface area contributed by atoms with Gasteiger partial charge in [-0.15, -0.1) is 11.3 Å². The molecule has 4 nitrogen and oxygen atoms in total. The van der Waals surface area contributed by atoms with Crippen LogP contribution < -0.4 is 0 Å². The molecule has 1 aliphatic rings. The number of aryl methyl sites for hydroxylation is 1. The fourth-order valence-corrected chi connectivity index (χ4v) is 3.37. The van der Waals surface area contributed by atoms with E-state index in [1.54, 1.807) is 11.3 Å². The Morgan fingerprint density at radius 2 is 2.19 bits per heavy atom. The summed E-state index contributed by atoms with van der Waals surface area (Å²) in [6.07, 6.45) is 2.42. The molecule has 3 heterocycles. The van der Waals surface area contributed by atoms with Crippen molar-refractivity contribution >= 4 is 22.8 Å². The molecule has 0 saturated heterocycles. The van der Waals surface area contributed by atoms with E-state index >= 15 is 0 Å².